The van der Waals surface area contributed by atoms with Gasteiger partial charge in [-0.25, -0.2) is 0 Å². The van der Waals surface area contributed by atoms with Crippen molar-refractivity contribution in [1.82, 2.24) is 15.1 Å². The average Bonchev–Trinajstić information content (AvgIpc) is 2.53. The summed E-state index contributed by atoms with van der Waals surface area (Å²) in [5.74, 6) is 0.709. The lowest BCUT2D eigenvalue weighted by Crippen LogP contribution is -2.18. The molecule has 1 aromatic rings. The molecular weight excluding hydrogens is 174 g/mol. The minimum atomic E-state index is 0.709. The molecule has 3 heteroatoms. The molecule has 0 amide bonds. The SMILES string of the molecule is CCCn1cc(CNCC(C)C)cn1. The monoisotopic (exact) mass is 195 g/mol. The predicted octanol–water partition coefficient (Wildman–Crippen LogP) is 2.04. The zero-order chi connectivity index (χ0) is 10.4. The molecular formula is C11H21N3. The van der Waals surface area contributed by atoms with E-state index in [1.807, 2.05) is 10.9 Å². The van der Waals surface area contributed by atoms with Crippen molar-refractivity contribution in [3.8, 4) is 0 Å². The summed E-state index contributed by atoms with van der Waals surface area (Å²) < 4.78 is 2.01. The Bertz CT molecular complexity index is 253. The third-order valence-corrected chi connectivity index (χ3v) is 2.02. The zero-order valence-electron chi connectivity index (χ0n) is 9.45. The van der Waals surface area contributed by atoms with Crippen molar-refractivity contribution in [2.75, 3.05) is 6.54 Å². The van der Waals surface area contributed by atoms with E-state index in [0.717, 1.165) is 26.1 Å². The molecule has 1 aromatic heterocycles. The standard InChI is InChI=1S/C11H21N3/c1-4-5-14-9-11(8-13-14)7-12-6-10(2)3/h8-10,12H,4-7H2,1-3H3. The Balaban J connectivity index is 2.28. The van der Waals surface area contributed by atoms with Crippen LogP contribution in [0.1, 0.15) is 32.8 Å². The van der Waals surface area contributed by atoms with Gasteiger partial charge in [0, 0.05) is 24.8 Å². The normalized spacial score (nSPS) is 11.1. The van der Waals surface area contributed by atoms with Crippen molar-refractivity contribution in [3.63, 3.8) is 0 Å². The van der Waals surface area contributed by atoms with Crippen LogP contribution < -0.4 is 5.32 Å². The van der Waals surface area contributed by atoms with Crippen LogP contribution in [0.5, 0.6) is 0 Å². The van der Waals surface area contributed by atoms with E-state index in [0.29, 0.717) is 5.92 Å². The second kappa shape index (κ2) is 5.81. The quantitative estimate of drug-likeness (QED) is 0.752. The smallest absolute Gasteiger partial charge is 0.0534 e. The van der Waals surface area contributed by atoms with Gasteiger partial charge in [-0.3, -0.25) is 4.68 Å². The van der Waals surface area contributed by atoms with Crippen LogP contribution in [-0.2, 0) is 13.1 Å². The van der Waals surface area contributed by atoms with Gasteiger partial charge >= 0.3 is 0 Å². The number of hydrogen-bond donors (Lipinski definition) is 1. The third-order valence-electron chi connectivity index (χ3n) is 2.02. The summed E-state index contributed by atoms with van der Waals surface area (Å²) in [6.45, 7) is 9.62. The first-order valence-corrected chi connectivity index (χ1v) is 5.44. The van der Waals surface area contributed by atoms with Crippen LogP contribution in [0.15, 0.2) is 12.4 Å². The Morgan fingerprint density at radius 1 is 1.50 bits per heavy atom. The minimum absolute atomic E-state index is 0.709. The molecule has 0 radical (unpaired) electrons. The molecule has 0 aliphatic heterocycles. The molecule has 1 heterocycles. The largest absolute Gasteiger partial charge is 0.312 e. The van der Waals surface area contributed by atoms with Gasteiger partial charge in [0.25, 0.3) is 0 Å². The zero-order valence-corrected chi connectivity index (χ0v) is 9.45. The highest BCUT2D eigenvalue weighted by Gasteiger charge is 1.98. The number of aryl methyl sites for hydroxylation is 1. The van der Waals surface area contributed by atoms with Gasteiger partial charge in [-0.1, -0.05) is 20.8 Å². The first kappa shape index (κ1) is 11.2. The van der Waals surface area contributed by atoms with Gasteiger partial charge in [0.2, 0.25) is 0 Å². The minimum Gasteiger partial charge on any atom is -0.312 e. The lowest BCUT2D eigenvalue weighted by molar-refractivity contribution is 0.551. The fourth-order valence-electron chi connectivity index (χ4n) is 1.35. The second-order valence-corrected chi connectivity index (χ2v) is 4.14. The number of aromatic nitrogens is 2. The van der Waals surface area contributed by atoms with Crippen molar-refractivity contribution >= 4 is 0 Å². The average molecular weight is 195 g/mol. The summed E-state index contributed by atoms with van der Waals surface area (Å²) in [5, 5.41) is 7.68. The Kier molecular flexibility index (Phi) is 4.66. The molecule has 1 rings (SSSR count). The van der Waals surface area contributed by atoms with Gasteiger partial charge in [0.05, 0.1) is 6.20 Å². The van der Waals surface area contributed by atoms with E-state index in [1.165, 1.54) is 5.56 Å². The topological polar surface area (TPSA) is 29.9 Å². The molecule has 0 saturated carbocycles. The Morgan fingerprint density at radius 3 is 2.93 bits per heavy atom. The van der Waals surface area contributed by atoms with Gasteiger partial charge in [0.1, 0.15) is 0 Å². The van der Waals surface area contributed by atoms with E-state index in [9.17, 15) is 0 Å². The van der Waals surface area contributed by atoms with Gasteiger partial charge in [-0.15, -0.1) is 0 Å². The van der Waals surface area contributed by atoms with Crippen LogP contribution in [0, 0.1) is 5.92 Å². The summed E-state index contributed by atoms with van der Waals surface area (Å²) in [5.41, 5.74) is 1.28. The third kappa shape index (κ3) is 3.92. The van der Waals surface area contributed by atoms with Crippen LogP contribution >= 0.6 is 0 Å². The number of hydrogen-bond acceptors (Lipinski definition) is 2. The van der Waals surface area contributed by atoms with E-state index in [4.69, 9.17) is 0 Å². The molecule has 0 aromatic carbocycles. The van der Waals surface area contributed by atoms with Crippen LogP contribution in [0.25, 0.3) is 0 Å². The predicted molar refractivity (Wildman–Crippen MR) is 59.1 cm³/mol. The van der Waals surface area contributed by atoms with E-state index in [1.54, 1.807) is 0 Å². The molecule has 14 heavy (non-hydrogen) atoms. The van der Waals surface area contributed by atoms with Crippen molar-refractivity contribution in [2.24, 2.45) is 5.92 Å². The van der Waals surface area contributed by atoms with Crippen molar-refractivity contribution in [1.29, 1.82) is 0 Å². The lowest BCUT2D eigenvalue weighted by atomic mass is 10.2. The van der Waals surface area contributed by atoms with E-state index < -0.39 is 0 Å². The number of nitrogens with one attached hydrogen (secondary N) is 1. The maximum Gasteiger partial charge on any atom is 0.0534 e. The molecule has 1 N–H and O–H groups in total. The Labute approximate surface area is 86.5 Å². The van der Waals surface area contributed by atoms with Gasteiger partial charge in [0.15, 0.2) is 0 Å². The highest BCUT2D eigenvalue weighted by atomic mass is 15.3. The van der Waals surface area contributed by atoms with Gasteiger partial charge in [-0.05, 0) is 18.9 Å². The summed E-state index contributed by atoms with van der Waals surface area (Å²) in [7, 11) is 0. The summed E-state index contributed by atoms with van der Waals surface area (Å²) >= 11 is 0. The maximum absolute atomic E-state index is 4.28. The van der Waals surface area contributed by atoms with Gasteiger partial charge < -0.3 is 5.32 Å². The maximum atomic E-state index is 4.28. The Morgan fingerprint density at radius 2 is 2.29 bits per heavy atom. The molecule has 0 aliphatic rings. The van der Waals surface area contributed by atoms with E-state index >= 15 is 0 Å². The van der Waals surface area contributed by atoms with Crippen molar-refractivity contribution in [2.45, 2.75) is 40.3 Å². The van der Waals surface area contributed by atoms with Gasteiger partial charge in [-0.2, -0.15) is 5.10 Å². The van der Waals surface area contributed by atoms with Crippen LogP contribution in [0.4, 0.5) is 0 Å². The molecule has 0 fully saturated rings. The number of nitrogens with zero attached hydrogens (tertiary/aromatic N) is 2. The molecule has 0 spiro atoms. The summed E-state index contributed by atoms with van der Waals surface area (Å²) in [6, 6.07) is 0. The van der Waals surface area contributed by atoms with Crippen LogP contribution in [-0.4, -0.2) is 16.3 Å². The summed E-state index contributed by atoms with van der Waals surface area (Å²) in [4.78, 5) is 0. The summed E-state index contributed by atoms with van der Waals surface area (Å²) in [6.07, 6.45) is 5.21. The van der Waals surface area contributed by atoms with Crippen LogP contribution in [0.2, 0.25) is 0 Å². The van der Waals surface area contributed by atoms with E-state index in [-0.39, 0.29) is 0 Å². The van der Waals surface area contributed by atoms with E-state index in [2.05, 4.69) is 37.4 Å². The lowest BCUT2D eigenvalue weighted by Gasteiger charge is -2.04. The fraction of sp³-hybridized carbons (Fsp3) is 0.727. The Hall–Kier alpha value is -0.830. The van der Waals surface area contributed by atoms with Crippen molar-refractivity contribution in [3.05, 3.63) is 18.0 Å². The highest BCUT2D eigenvalue weighted by Crippen LogP contribution is 1.98. The highest BCUT2D eigenvalue weighted by molar-refractivity contribution is 5.03. The molecule has 0 atom stereocenters. The molecule has 0 unspecified atom stereocenters. The molecule has 80 valence electrons. The van der Waals surface area contributed by atoms with Crippen LogP contribution in [0.3, 0.4) is 0 Å². The molecule has 0 aliphatic carbocycles. The molecule has 3 nitrogen and oxygen atoms in total. The first-order valence-electron chi connectivity index (χ1n) is 5.44. The molecule has 0 saturated heterocycles. The second-order valence-electron chi connectivity index (χ2n) is 4.14. The fourth-order valence-corrected chi connectivity index (χ4v) is 1.35. The first-order chi connectivity index (χ1) is 6.72. The molecule has 0 bridgehead atoms. The van der Waals surface area contributed by atoms with Crippen molar-refractivity contribution < 1.29 is 0 Å². The number of rotatable bonds is 6.